The van der Waals surface area contributed by atoms with Crippen molar-refractivity contribution in [3.05, 3.63) is 48.5 Å². The van der Waals surface area contributed by atoms with E-state index in [2.05, 4.69) is 14.8 Å². The Balaban J connectivity index is 1.85. The average molecular weight is 434 g/mol. The molecule has 152 valence electrons. The third-order valence-corrected chi connectivity index (χ3v) is 5.61. The number of nitrogens with one attached hydrogen (secondary N) is 2. The lowest BCUT2D eigenvalue weighted by atomic mass is 10.3. The van der Waals surface area contributed by atoms with Crippen molar-refractivity contribution in [1.82, 2.24) is 4.72 Å². The van der Waals surface area contributed by atoms with Crippen LogP contribution >= 0.6 is 11.8 Å². The SMILES string of the molecule is CSc1ccc(NC(=O)CCNS(=O)(=O)c2ccc(OC(F)(F)F)cc2)cc1. The molecule has 0 radical (unpaired) electrons. The van der Waals surface area contributed by atoms with Gasteiger partial charge in [0.2, 0.25) is 15.9 Å². The van der Waals surface area contributed by atoms with E-state index in [-0.39, 0.29) is 23.8 Å². The summed E-state index contributed by atoms with van der Waals surface area (Å²) < 4.78 is 66.5. The number of halogens is 3. The zero-order valence-electron chi connectivity index (χ0n) is 14.6. The fourth-order valence-corrected chi connectivity index (χ4v) is 3.54. The average Bonchev–Trinajstić information content (AvgIpc) is 2.61. The lowest BCUT2D eigenvalue weighted by molar-refractivity contribution is -0.274. The third kappa shape index (κ3) is 7.06. The smallest absolute Gasteiger partial charge is 0.406 e. The zero-order valence-corrected chi connectivity index (χ0v) is 16.2. The molecule has 0 aliphatic rings. The molecule has 1 amide bonds. The van der Waals surface area contributed by atoms with Gasteiger partial charge in [-0.15, -0.1) is 24.9 Å². The number of thioether (sulfide) groups is 1. The van der Waals surface area contributed by atoms with Gasteiger partial charge in [-0.3, -0.25) is 4.79 Å². The number of hydrogen-bond acceptors (Lipinski definition) is 5. The molecule has 0 bridgehead atoms. The minimum atomic E-state index is -4.86. The van der Waals surface area contributed by atoms with Crippen molar-refractivity contribution in [3.63, 3.8) is 0 Å². The summed E-state index contributed by atoms with van der Waals surface area (Å²) in [6.45, 7) is -0.169. The number of benzene rings is 2. The van der Waals surface area contributed by atoms with Crippen molar-refractivity contribution < 1.29 is 31.1 Å². The van der Waals surface area contributed by atoms with Gasteiger partial charge in [0.1, 0.15) is 5.75 Å². The van der Waals surface area contributed by atoms with Gasteiger partial charge in [0.05, 0.1) is 4.90 Å². The molecule has 0 heterocycles. The highest BCUT2D eigenvalue weighted by atomic mass is 32.2. The summed E-state index contributed by atoms with van der Waals surface area (Å²) in [4.78, 5) is 12.7. The molecule has 11 heteroatoms. The van der Waals surface area contributed by atoms with E-state index in [4.69, 9.17) is 0 Å². The summed E-state index contributed by atoms with van der Waals surface area (Å²) in [7, 11) is -3.97. The number of alkyl halides is 3. The van der Waals surface area contributed by atoms with E-state index in [0.717, 1.165) is 29.2 Å². The normalized spacial score (nSPS) is 11.9. The van der Waals surface area contributed by atoms with Crippen LogP contribution in [0, 0.1) is 0 Å². The van der Waals surface area contributed by atoms with Gasteiger partial charge in [-0.25, -0.2) is 13.1 Å². The van der Waals surface area contributed by atoms with Crippen LogP contribution in [0.3, 0.4) is 0 Å². The molecule has 2 aromatic carbocycles. The fraction of sp³-hybridized carbons (Fsp3) is 0.235. The highest BCUT2D eigenvalue weighted by Crippen LogP contribution is 2.23. The number of hydrogen-bond donors (Lipinski definition) is 2. The molecule has 0 aliphatic heterocycles. The molecule has 6 nitrogen and oxygen atoms in total. The maximum atomic E-state index is 12.1. The fourth-order valence-electron chi connectivity index (χ4n) is 2.10. The highest BCUT2D eigenvalue weighted by Gasteiger charge is 2.31. The summed E-state index contributed by atoms with van der Waals surface area (Å²) in [5, 5.41) is 2.64. The zero-order chi connectivity index (χ0) is 20.8. The van der Waals surface area contributed by atoms with Gasteiger partial charge >= 0.3 is 6.36 Å². The van der Waals surface area contributed by atoms with Crippen molar-refractivity contribution in [2.75, 3.05) is 18.1 Å². The lowest BCUT2D eigenvalue weighted by Crippen LogP contribution is -2.27. The van der Waals surface area contributed by atoms with E-state index in [1.54, 1.807) is 23.9 Å². The molecule has 2 N–H and O–H groups in total. The molecular weight excluding hydrogens is 417 g/mol. The quantitative estimate of drug-likeness (QED) is 0.620. The Kier molecular flexibility index (Phi) is 7.33. The summed E-state index contributed by atoms with van der Waals surface area (Å²) in [5.74, 6) is -0.910. The van der Waals surface area contributed by atoms with Crippen LogP contribution in [0.5, 0.6) is 5.75 Å². The van der Waals surface area contributed by atoms with E-state index in [9.17, 15) is 26.4 Å². The van der Waals surface area contributed by atoms with Crippen LogP contribution in [-0.4, -0.2) is 33.5 Å². The Labute approximate surface area is 164 Å². The maximum Gasteiger partial charge on any atom is 0.573 e. The van der Waals surface area contributed by atoms with Gasteiger partial charge < -0.3 is 10.1 Å². The minimum absolute atomic E-state index is 0.112. The molecule has 0 unspecified atom stereocenters. The first-order chi connectivity index (χ1) is 13.1. The van der Waals surface area contributed by atoms with Crippen molar-refractivity contribution in [1.29, 1.82) is 0 Å². The number of amides is 1. The molecule has 2 aromatic rings. The van der Waals surface area contributed by atoms with Gasteiger partial charge in [-0.1, -0.05) is 0 Å². The molecule has 0 saturated carbocycles. The van der Waals surface area contributed by atoms with Crippen molar-refractivity contribution in [2.24, 2.45) is 0 Å². The van der Waals surface area contributed by atoms with Gasteiger partial charge in [0, 0.05) is 23.5 Å². The summed E-state index contributed by atoms with van der Waals surface area (Å²) >= 11 is 1.56. The maximum absolute atomic E-state index is 12.1. The highest BCUT2D eigenvalue weighted by molar-refractivity contribution is 7.98. The van der Waals surface area contributed by atoms with Crippen molar-refractivity contribution >= 4 is 33.4 Å². The summed E-state index contributed by atoms with van der Waals surface area (Å²) in [6, 6.07) is 10.9. The van der Waals surface area contributed by atoms with Crippen LogP contribution in [-0.2, 0) is 14.8 Å². The van der Waals surface area contributed by atoms with Crippen LogP contribution < -0.4 is 14.8 Å². The standard InChI is InChI=1S/C17H17F3N2O4S2/c1-27-14-6-2-12(3-7-14)22-16(23)10-11-21-28(24,25)15-8-4-13(5-9-15)26-17(18,19)20/h2-9,21H,10-11H2,1H3,(H,22,23). The van der Waals surface area contributed by atoms with Crippen molar-refractivity contribution in [2.45, 2.75) is 22.6 Å². The van der Waals surface area contributed by atoms with Crippen LogP contribution in [0.2, 0.25) is 0 Å². The Morgan fingerprint density at radius 2 is 1.68 bits per heavy atom. The van der Waals surface area contributed by atoms with E-state index >= 15 is 0 Å². The second-order valence-electron chi connectivity index (χ2n) is 5.44. The number of carbonyl (C=O) groups excluding carboxylic acids is 1. The van der Waals surface area contributed by atoms with Gasteiger partial charge in [-0.05, 0) is 54.8 Å². The van der Waals surface area contributed by atoms with Crippen LogP contribution in [0.15, 0.2) is 58.3 Å². The largest absolute Gasteiger partial charge is 0.573 e. The van der Waals surface area contributed by atoms with Gasteiger partial charge in [-0.2, -0.15) is 0 Å². The Morgan fingerprint density at radius 1 is 1.07 bits per heavy atom. The number of anilines is 1. The number of sulfonamides is 1. The molecule has 0 aliphatic carbocycles. The van der Waals surface area contributed by atoms with Crippen molar-refractivity contribution in [3.8, 4) is 5.75 Å². The third-order valence-electron chi connectivity index (χ3n) is 3.39. The van der Waals surface area contributed by atoms with Crippen LogP contribution in [0.25, 0.3) is 0 Å². The number of carbonyl (C=O) groups is 1. The number of ether oxygens (including phenoxy) is 1. The minimum Gasteiger partial charge on any atom is -0.406 e. The van der Waals surface area contributed by atoms with Crippen LogP contribution in [0.1, 0.15) is 6.42 Å². The second-order valence-corrected chi connectivity index (χ2v) is 8.09. The summed E-state index contributed by atoms with van der Waals surface area (Å²) in [6.07, 6.45) is -3.04. The van der Waals surface area contributed by atoms with Crippen LogP contribution in [0.4, 0.5) is 18.9 Å². The van der Waals surface area contributed by atoms with E-state index in [1.165, 1.54) is 0 Å². The lowest BCUT2D eigenvalue weighted by Gasteiger charge is -2.10. The van der Waals surface area contributed by atoms with E-state index < -0.39 is 22.1 Å². The molecule has 28 heavy (non-hydrogen) atoms. The Morgan fingerprint density at radius 3 is 2.21 bits per heavy atom. The Hall–Kier alpha value is -2.24. The molecule has 0 saturated heterocycles. The molecular formula is C17H17F3N2O4S2. The van der Waals surface area contributed by atoms with E-state index in [0.29, 0.717) is 5.69 Å². The van der Waals surface area contributed by atoms with E-state index in [1.807, 2.05) is 18.4 Å². The predicted molar refractivity (Wildman–Crippen MR) is 99.8 cm³/mol. The summed E-state index contributed by atoms with van der Waals surface area (Å²) in [5.41, 5.74) is 0.589. The molecule has 0 aromatic heterocycles. The first-order valence-electron chi connectivity index (χ1n) is 7.88. The Bertz CT molecular complexity index is 899. The first-order valence-corrected chi connectivity index (χ1v) is 10.6. The monoisotopic (exact) mass is 434 g/mol. The molecule has 0 atom stereocenters. The second kappa shape index (κ2) is 9.30. The molecule has 0 fully saturated rings. The predicted octanol–water partition coefficient (Wildman–Crippen LogP) is 3.61. The first kappa shape index (κ1) is 22.1. The number of rotatable bonds is 8. The topological polar surface area (TPSA) is 84.5 Å². The van der Waals surface area contributed by atoms with Gasteiger partial charge in [0.15, 0.2) is 0 Å². The molecule has 0 spiro atoms. The van der Waals surface area contributed by atoms with Gasteiger partial charge in [0.25, 0.3) is 0 Å². The molecule has 2 rings (SSSR count).